The summed E-state index contributed by atoms with van der Waals surface area (Å²) in [5.74, 6) is 0.392. The number of nitrogens with zero attached hydrogens (tertiary/aromatic N) is 2. The summed E-state index contributed by atoms with van der Waals surface area (Å²) in [6, 6.07) is 12.8. The van der Waals surface area contributed by atoms with Gasteiger partial charge in [0.15, 0.2) is 9.92 Å². The third-order valence-corrected chi connectivity index (χ3v) is 6.50. The summed E-state index contributed by atoms with van der Waals surface area (Å²) in [5.41, 5.74) is 4.58. The largest absolute Gasteiger partial charge is 0.496 e. The van der Waals surface area contributed by atoms with Gasteiger partial charge >= 0.3 is 5.63 Å². The van der Waals surface area contributed by atoms with Crippen molar-refractivity contribution in [1.29, 1.82) is 0 Å². The lowest BCUT2D eigenvalue weighted by Gasteiger charge is -2.08. The van der Waals surface area contributed by atoms with Crippen molar-refractivity contribution in [2.45, 2.75) is 11.3 Å². The highest BCUT2D eigenvalue weighted by atomic mass is 32.2. The number of fused-ring (bicyclic) bond motifs is 2. The molecule has 1 amide bonds. The number of thiazole rings is 1. The van der Waals surface area contributed by atoms with Crippen LogP contribution in [0.1, 0.15) is 11.1 Å². The monoisotopic (exact) mass is 439 g/mol. The highest BCUT2D eigenvalue weighted by molar-refractivity contribution is 8.01. The topological polar surface area (TPSA) is 93.8 Å². The Kier molecular flexibility index (Phi) is 5.82. The maximum absolute atomic E-state index is 12.2. The Balaban J connectivity index is 1.47. The molecule has 0 saturated carbocycles. The fraction of sp³-hybridized carbons (Fsp3) is 0.143. The third kappa shape index (κ3) is 4.22. The van der Waals surface area contributed by atoms with Crippen molar-refractivity contribution in [1.82, 2.24) is 10.4 Å². The van der Waals surface area contributed by atoms with Gasteiger partial charge in [-0.3, -0.25) is 4.79 Å². The summed E-state index contributed by atoms with van der Waals surface area (Å²) in [6.45, 7) is 1.83. The lowest BCUT2D eigenvalue weighted by Crippen LogP contribution is -2.19. The highest BCUT2D eigenvalue weighted by Crippen LogP contribution is 2.29. The first-order valence-electron chi connectivity index (χ1n) is 8.97. The maximum atomic E-state index is 12.2. The van der Waals surface area contributed by atoms with Crippen molar-refractivity contribution < 1.29 is 13.9 Å². The first-order chi connectivity index (χ1) is 14.5. The molecule has 152 valence electrons. The van der Waals surface area contributed by atoms with Gasteiger partial charge < -0.3 is 9.15 Å². The second kappa shape index (κ2) is 8.68. The number of hydrazone groups is 1. The number of rotatable bonds is 6. The first kappa shape index (κ1) is 20.1. The maximum Gasteiger partial charge on any atom is 0.336 e. The minimum absolute atomic E-state index is 0.179. The van der Waals surface area contributed by atoms with E-state index in [1.165, 1.54) is 31.2 Å². The molecule has 9 heteroatoms. The molecular weight excluding hydrogens is 422 g/mol. The molecule has 7 nitrogen and oxygen atoms in total. The van der Waals surface area contributed by atoms with E-state index in [2.05, 4.69) is 15.5 Å². The highest BCUT2D eigenvalue weighted by Gasteiger charge is 2.12. The number of amides is 1. The van der Waals surface area contributed by atoms with E-state index in [0.29, 0.717) is 16.9 Å². The van der Waals surface area contributed by atoms with Crippen molar-refractivity contribution in [2.75, 3.05) is 12.9 Å². The van der Waals surface area contributed by atoms with Crippen LogP contribution >= 0.6 is 23.1 Å². The van der Waals surface area contributed by atoms with Gasteiger partial charge in [0.1, 0.15) is 5.75 Å². The Hall–Kier alpha value is -3.17. The Bertz CT molecular complexity index is 1290. The van der Waals surface area contributed by atoms with Crippen LogP contribution in [-0.4, -0.2) is 30.0 Å². The molecule has 0 radical (unpaired) electrons. The molecule has 0 atom stereocenters. The van der Waals surface area contributed by atoms with Crippen LogP contribution in [-0.2, 0) is 4.79 Å². The number of carbonyl (C=O) groups is 1. The number of aryl methyl sites for hydroxylation is 1. The second-order valence-corrected chi connectivity index (χ2v) is 8.59. The van der Waals surface area contributed by atoms with Crippen LogP contribution in [0.4, 0.5) is 0 Å². The molecule has 0 unspecified atom stereocenters. The van der Waals surface area contributed by atoms with Crippen LogP contribution in [0.25, 0.3) is 21.2 Å². The number of hydrogen-bond donors (Lipinski definition) is 1. The van der Waals surface area contributed by atoms with Gasteiger partial charge in [0, 0.05) is 11.5 Å². The number of benzene rings is 2. The molecule has 4 aromatic rings. The van der Waals surface area contributed by atoms with Crippen LogP contribution in [0, 0.1) is 6.92 Å². The van der Waals surface area contributed by atoms with Crippen LogP contribution in [0.2, 0.25) is 0 Å². The molecule has 0 saturated heterocycles. The van der Waals surface area contributed by atoms with E-state index in [1.54, 1.807) is 17.4 Å². The number of carbonyl (C=O) groups excluding carboxylic acids is 1. The zero-order chi connectivity index (χ0) is 21.1. The van der Waals surface area contributed by atoms with Crippen molar-refractivity contribution in [3.05, 3.63) is 64.0 Å². The number of ether oxygens (including phenoxy) is 1. The van der Waals surface area contributed by atoms with E-state index in [0.717, 1.165) is 25.5 Å². The molecule has 0 spiro atoms. The molecule has 0 bridgehead atoms. The number of methoxy groups -OCH3 is 1. The van der Waals surface area contributed by atoms with Gasteiger partial charge in [0.25, 0.3) is 5.91 Å². The molecule has 30 heavy (non-hydrogen) atoms. The van der Waals surface area contributed by atoms with Crippen LogP contribution in [0.5, 0.6) is 5.75 Å². The Morgan fingerprint density at radius 3 is 2.97 bits per heavy atom. The SMILES string of the molecule is COc1ccc2c(C)cc(=O)oc2c1/C=N/NC(=O)CSc1nc2ccccc2s1. The standard InChI is InChI=1S/C21H17N3O4S2/c1-12-9-19(26)28-20-13(12)7-8-16(27-2)14(20)10-22-24-18(25)11-29-21-23-15-5-3-4-6-17(15)30-21/h3-10H,11H2,1-2H3,(H,24,25)/b22-10+. The molecule has 2 heterocycles. The lowest BCUT2D eigenvalue weighted by atomic mass is 10.1. The zero-order valence-electron chi connectivity index (χ0n) is 16.2. The van der Waals surface area contributed by atoms with E-state index in [9.17, 15) is 9.59 Å². The van der Waals surface area contributed by atoms with E-state index < -0.39 is 5.63 Å². The van der Waals surface area contributed by atoms with Gasteiger partial charge in [0.05, 0.1) is 34.9 Å². The average molecular weight is 440 g/mol. The fourth-order valence-electron chi connectivity index (χ4n) is 2.93. The minimum Gasteiger partial charge on any atom is -0.496 e. The van der Waals surface area contributed by atoms with Crippen LogP contribution < -0.4 is 15.8 Å². The molecule has 0 aliphatic carbocycles. The molecule has 2 aromatic carbocycles. The van der Waals surface area contributed by atoms with E-state index >= 15 is 0 Å². The second-order valence-electron chi connectivity index (χ2n) is 6.34. The third-order valence-electron chi connectivity index (χ3n) is 4.32. The summed E-state index contributed by atoms with van der Waals surface area (Å²) in [4.78, 5) is 28.5. The van der Waals surface area contributed by atoms with Crippen molar-refractivity contribution in [2.24, 2.45) is 5.10 Å². The van der Waals surface area contributed by atoms with Gasteiger partial charge in [-0.25, -0.2) is 15.2 Å². The van der Waals surface area contributed by atoms with Gasteiger partial charge in [-0.1, -0.05) is 23.9 Å². The van der Waals surface area contributed by atoms with Crippen molar-refractivity contribution in [3.8, 4) is 5.75 Å². The van der Waals surface area contributed by atoms with E-state index in [4.69, 9.17) is 9.15 Å². The minimum atomic E-state index is -0.459. The molecule has 1 N–H and O–H groups in total. The quantitative estimate of drug-likeness (QED) is 0.212. The van der Waals surface area contributed by atoms with Crippen LogP contribution in [0.3, 0.4) is 0 Å². The number of nitrogens with one attached hydrogen (secondary N) is 1. The summed E-state index contributed by atoms with van der Waals surface area (Å²) in [7, 11) is 1.51. The fourth-order valence-corrected chi connectivity index (χ4v) is 4.79. The predicted molar refractivity (Wildman–Crippen MR) is 120 cm³/mol. The van der Waals surface area contributed by atoms with Gasteiger partial charge in [-0.15, -0.1) is 11.3 Å². The lowest BCUT2D eigenvalue weighted by molar-refractivity contribution is -0.118. The zero-order valence-corrected chi connectivity index (χ0v) is 17.8. The van der Waals surface area contributed by atoms with Crippen LogP contribution in [0.15, 0.2) is 61.1 Å². The van der Waals surface area contributed by atoms with Gasteiger partial charge in [0.2, 0.25) is 0 Å². The summed E-state index contributed by atoms with van der Waals surface area (Å²) >= 11 is 2.90. The summed E-state index contributed by atoms with van der Waals surface area (Å²) in [6.07, 6.45) is 1.42. The van der Waals surface area contributed by atoms with Gasteiger partial charge in [-0.05, 0) is 36.8 Å². The summed E-state index contributed by atoms with van der Waals surface area (Å²) in [5, 5.41) is 4.79. The summed E-state index contributed by atoms with van der Waals surface area (Å²) < 4.78 is 12.6. The number of aromatic nitrogens is 1. The Morgan fingerprint density at radius 2 is 2.17 bits per heavy atom. The van der Waals surface area contributed by atoms with Crippen molar-refractivity contribution >= 4 is 56.4 Å². The Labute approximate surface area is 179 Å². The normalized spacial score (nSPS) is 11.4. The number of hydrogen-bond acceptors (Lipinski definition) is 8. The number of thioether (sulfide) groups is 1. The molecule has 0 aliphatic rings. The van der Waals surface area contributed by atoms with E-state index in [1.807, 2.05) is 37.3 Å². The van der Waals surface area contributed by atoms with Gasteiger partial charge in [-0.2, -0.15) is 5.10 Å². The first-order valence-corrected chi connectivity index (χ1v) is 10.8. The molecule has 2 aromatic heterocycles. The molecule has 4 rings (SSSR count). The molecule has 0 aliphatic heterocycles. The number of para-hydroxylation sites is 1. The molecular formula is C21H17N3O4S2. The average Bonchev–Trinajstić information content (AvgIpc) is 3.15. The predicted octanol–water partition coefficient (Wildman–Crippen LogP) is 3.96. The molecule has 0 fully saturated rings. The van der Waals surface area contributed by atoms with E-state index in [-0.39, 0.29) is 11.7 Å². The van der Waals surface area contributed by atoms with Crippen molar-refractivity contribution in [3.63, 3.8) is 0 Å². The Morgan fingerprint density at radius 1 is 1.33 bits per heavy atom. The smallest absolute Gasteiger partial charge is 0.336 e.